The summed E-state index contributed by atoms with van der Waals surface area (Å²) in [5.74, 6) is 0. The highest BCUT2D eigenvalue weighted by atomic mass is 32.2. The minimum atomic E-state index is -1.39. The number of hydrogen-bond acceptors (Lipinski definition) is 6. The van der Waals surface area contributed by atoms with Crippen molar-refractivity contribution >= 4 is 22.6 Å². The minimum Gasteiger partial charge on any atom is -0.378 e. The lowest BCUT2D eigenvalue weighted by molar-refractivity contribution is -0.385. The Morgan fingerprint density at radius 2 is 2.41 bits per heavy atom. The number of aliphatic hydroxyl groups is 1. The molecule has 0 saturated heterocycles. The van der Waals surface area contributed by atoms with Crippen molar-refractivity contribution in [1.29, 1.82) is 0 Å². The van der Waals surface area contributed by atoms with Gasteiger partial charge in [-0.15, -0.1) is 0 Å². The molecule has 6 nitrogen and oxygen atoms in total. The van der Waals surface area contributed by atoms with E-state index in [0.29, 0.717) is 17.2 Å². The van der Waals surface area contributed by atoms with Crippen LogP contribution in [0.4, 0.5) is 5.69 Å². The molecule has 17 heavy (non-hydrogen) atoms. The molecule has 2 aliphatic rings. The van der Waals surface area contributed by atoms with E-state index >= 15 is 0 Å². The van der Waals surface area contributed by atoms with Gasteiger partial charge in [0, 0.05) is 17.7 Å². The van der Waals surface area contributed by atoms with Gasteiger partial charge in [-0.2, -0.15) is 0 Å². The molecule has 0 spiro atoms. The van der Waals surface area contributed by atoms with Crippen LogP contribution in [-0.4, -0.2) is 20.4 Å². The molecule has 1 aliphatic heterocycles. The Hall–Kier alpha value is -1.60. The number of fused-ring (bicyclic) bond motifs is 3. The first-order chi connectivity index (χ1) is 8.00. The van der Waals surface area contributed by atoms with Crippen LogP contribution in [0.1, 0.15) is 11.1 Å². The van der Waals surface area contributed by atoms with Crippen LogP contribution in [0.5, 0.6) is 0 Å². The molecular weight excluding hydrogens is 242 g/mol. The molecule has 0 saturated carbocycles. The lowest BCUT2D eigenvalue weighted by Crippen LogP contribution is -2.27. The molecule has 88 valence electrons. The first-order valence-electron chi connectivity index (χ1n) is 5.03. The summed E-state index contributed by atoms with van der Waals surface area (Å²) in [5, 5.41) is 21.3. The van der Waals surface area contributed by atoms with Gasteiger partial charge in [0.15, 0.2) is 10.9 Å². The Labute approximate surface area is 101 Å². The van der Waals surface area contributed by atoms with Gasteiger partial charge in [-0.25, -0.2) is 4.99 Å². The van der Waals surface area contributed by atoms with Crippen molar-refractivity contribution in [2.75, 3.05) is 0 Å². The Kier molecular flexibility index (Phi) is 1.99. The molecule has 7 heteroatoms. The Bertz CT molecular complexity index is 560. The SMILES string of the molecule is NC1=NC2(O)c3cc([N+](=O)[O-])ccc3CC2S1. The number of benzene rings is 1. The van der Waals surface area contributed by atoms with E-state index in [9.17, 15) is 15.2 Å². The third kappa shape index (κ3) is 1.36. The van der Waals surface area contributed by atoms with Gasteiger partial charge in [-0.05, 0) is 12.0 Å². The smallest absolute Gasteiger partial charge is 0.269 e. The monoisotopic (exact) mass is 251 g/mol. The van der Waals surface area contributed by atoms with Crippen LogP contribution in [0.15, 0.2) is 23.2 Å². The number of nitro groups is 1. The Balaban J connectivity index is 2.16. The second-order valence-corrected chi connectivity index (χ2v) is 5.31. The van der Waals surface area contributed by atoms with Gasteiger partial charge in [0.25, 0.3) is 5.69 Å². The molecule has 1 aromatic rings. The van der Waals surface area contributed by atoms with Crippen molar-refractivity contribution in [2.45, 2.75) is 17.4 Å². The van der Waals surface area contributed by atoms with Gasteiger partial charge in [0.2, 0.25) is 0 Å². The van der Waals surface area contributed by atoms with E-state index in [-0.39, 0.29) is 10.9 Å². The number of aliphatic imine (C=N–C) groups is 1. The number of amidine groups is 1. The second-order valence-electron chi connectivity index (χ2n) is 4.09. The number of thioether (sulfide) groups is 1. The fourth-order valence-corrected chi connectivity index (χ4v) is 3.40. The third-order valence-electron chi connectivity index (χ3n) is 3.10. The fourth-order valence-electron chi connectivity index (χ4n) is 2.31. The fraction of sp³-hybridized carbons (Fsp3) is 0.300. The van der Waals surface area contributed by atoms with Crippen molar-refractivity contribution in [3.05, 3.63) is 39.4 Å². The number of hydrogen-bond donors (Lipinski definition) is 2. The van der Waals surface area contributed by atoms with Crippen molar-refractivity contribution in [3.63, 3.8) is 0 Å². The van der Waals surface area contributed by atoms with Crippen LogP contribution < -0.4 is 5.73 Å². The largest absolute Gasteiger partial charge is 0.378 e. The lowest BCUT2D eigenvalue weighted by Gasteiger charge is -2.18. The molecule has 0 fully saturated rings. The van der Waals surface area contributed by atoms with E-state index < -0.39 is 10.6 Å². The highest BCUT2D eigenvalue weighted by Crippen LogP contribution is 2.49. The topological polar surface area (TPSA) is 102 Å². The summed E-state index contributed by atoms with van der Waals surface area (Å²) in [5.41, 5.74) is 5.55. The normalized spacial score (nSPS) is 29.7. The standard InChI is InChI=1S/C10H9N3O3S/c11-9-12-10(14)7-4-6(13(15)16)2-1-5(7)3-8(10)17-9/h1-2,4,8,14H,3H2,(H2,11,12). The molecule has 0 radical (unpaired) electrons. The van der Waals surface area contributed by atoms with Gasteiger partial charge in [-0.1, -0.05) is 17.8 Å². The highest BCUT2D eigenvalue weighted by Gasteiger charge is 2.50. The zero-order valence-corrected chi connectivity index (χ0v) is 9.48. The van der Waals surface area contributed by atoms with Gasteiger partial charge in [0.1, 0.15) is 0 Å². The Morgan fingerprint density at radius 3 is 3.12 bits per heavy atom. The average molecular weight is 251 g/mol. The minimum absolute atomic E-state index is 0.0384. The van der Waals surface area contributed by atoms with E-state index in [1.165, 1.54) is 23.9 Å². The van der Waals surface area contributed by atoms with Gasteiger partial charge < -0.3 is 10.8 Å². The van der Waals surface area contributed by atoms with Crippen molar-refractivity contribution in [2.24, 2.45) is 10.7 Å². The molecule has 1 aliphatic carbocycles. The quantitative estimate of drug-likeness (QED) is 0.565. The van der Waals surface area contributed by atoms with E-state index in [1.54, 1.807) is 6.07 Å². The lowest BCUT2D eigenvalue weighted by atomic mass is 10.0. The molecular formula is C10H9N3O3S. The molecule has 1 aromatic carbocycles. The van der Waals surface area contributed by atoms with Gasteiger partial charge in [0.05, 0.1) is 10.2 Å². The average Bonchev–Trinajstić information content (AvgIpc) is 2.67. The molecule has 0 aromatic heterocycles. The third-order valence-corrected chi connectivity index (χ3v) is 4.21. The van der Waals surface area contributed by atoms with Crippen LogP contribution >= 0.6 is 11.8 Å². The summed E-state index contributed by atoms with van der Waals surface area (Å²) < 4.78 is 0. The number of non-ortho nitro benzene ring substituents is 1. The van der Waals surface area contributed by atoms with E-state index in [1.807, 2.05) is 0 Å². The van der Waals surface area contributed by atoms with Crippen LogP contribution in [0.3, 0.4) is 0 Å². The maximum atomic E-state index is 10.7. The van der Waals surface area contributed by atoms with Crippen molar-refractivity contribution < 1.29 is 10.0 Å². The summed E-state index contributed by atoms with van der Waals surface area (Å²) in [6.45, 7) is 0. The first kappa shape index (κ1) is 10.5. The molecule has 1 heterocycles. The van der Waals surface area contributed by atoms with E-state index in [4.69, 9.17) is 5.73 Å². The van der Waals surface area contributed by atoms with E-state index in [2.05, 4.69) is 4.99 Å². The zero-order chi connectivity index (χ0) is 12.2. The number of rotatable bonds is 1. The van der Waals surface area contributed by atoms with Crippen molar-refractivity contribution in [1.82, 2.24) is 0 Å². The number of nitrogens with two attached hydrogens (primary N) is 1. The van der Waals surface area contributed by atoms with Gasteiger partial charge >= 0.3 is 0 Å². The van der Waals surface area contributed by atoms with E-state index in [0.717, 1.165) is 5.56 Å². The summed E-state index contributed by atoms with van der Waals surface area (Å²) in [6.07, 6.45) is 0.624. The summed E-state index contributed by atoms with van der Waals surface area (Å²) in [6, 6.07) is 4.51. The van der Waals surface area contributed by atoms with Crippen molar-refractivity contribution in [3.8, 4) is 0 Å². The van der Waals surface area contributed by atoms with Crippen LogP contribution in [0, 0.1) is 10.1 Å². The molecule has 0 amide bonds. The summed E-state index contributed by atoms with van der Waals surface area (Å²) >= 11 is 1.31. The zero-order valence-electron chi connectivity index (χ0n) is 8.66. The van der Waals surface area contributed by atoms with Crippen LogP contribution in [-0.2, 0) is 12.1 Å². The maximum absolute atomic E-state index is 10.7. The summed E-state index contributed by atoms with van der Waals surface area (Å²) in [7, 11) is 0. The van der Waals surface area contributed by atoms with Gasteiger partial charge in [-0.3, -0.25) is 10.1 Å². The first-order valence-corrected chi connectivity index (χ1v) is 5.91. The molecule has 3 rings (SSSR count). The predicted molar refractivity (Wildman–Crippen MR) is 63.7 cm³/mol. The van der Waals surface area contributed by atoms with Crippen LogP contribution in [0.2, 0.25) is 0 Å². The maximum Gasteiger partial charge on any atom is 0.269 e. The number of nitro benzene ring substituents is 1. The van der Waals surface area contributed by atoms with Crippen LogP contribution in [0.25, 0.3) is 0 Å². The predicted octanol–water partition coefficient (Wildman–Crippen LogP) is 0.726. The molecule has 0 bridgehead atoms. The molecule has 2 unspecified atom stereocenters. The Morgan fingerprint density at radius 1 is 1.65 bits per heavy atom. The number of nitrogens with zero attached hydrogens (tertiary/aromatic N) is 2. The highest BCUT2D eigenvalue weighted by molar-refractivity contribution is 8.14. The second kappa shape index (κ2) is 3.21. The molecule has 3 N–H and O–H groups in total. The molecule has 2 atom stereocenters. The summed E-state index contributed by atoms with van der Waals surface area (Å²) in [4.78, 5) is 14.3.